The van der Waals surface area contributed by atoms with Crippen molar-refractivity contribution in [3.8, 4) is 0 Å². The molecule has 1 N–H and O–H groups in total. The molecule has 3 aromatic rings. The second-order valence-corrected chi connectivity index (χ2v) is 8.89. The Morgan fingerprint density at radius 1 is 1.07 bits per heavy atom. The van der Waals surface area contributed by atoms with Crippen molar-refractivity contribution < 1.29 is 12.8 Å². The van der Waals surface area contributed by atoms with E-state index in [1.807, 2.05) is 6.92 Å². The minimum absolute atomic E-state index is 0.117. The van der Waals surface area contributed by atoms with Gasteiger partial charge in [-0.3, -0.25) is 14.7 Å². The normalized spacial score (nSPS) is 16.4. The van der Waals surface area contributed by atoms with Crippen molar-refractivity contribution in [1.82, 2.24) is 24.0 Å². The van der Waals surface area contributed by atoms with Crippen LogP contribution in [-0.2, 0) is 16.6 Å². The number of hydrogen-bond donors (Lipinski definition) is 1. The molecule has 0 atom stereocenters. The van der Waals surface area contributed by atoms with Gasteiger partial charge in [0.05, 0.1) is 22.7 Å². The number of benzene rings is 1. The monoisotopic (exact) mass is 419 g/mol. The van der Waals surface area contributed by atoms with Crippen LogP contribution >= 0.6 is 0 Å². The maximum atomic E-state index is 12.9. The Morgan fingerprint density at radius 3 is 2.59 bits per heavy atom. The third-order valence-corrected chi connectivity index (χ3v) is 6.88. The lowest BCUT2D eigenvalue weighted by atomic mass is 10.3. The predicted octanol–water partition coefficient (Wildman–Crippen LogP) is -0.00728. The van der Waals surface area contributed by atoms with Crippen LogP contribution in [0.4, 0.5) is 0 Å². The predicted molar refractivity (Wildman–Crippen MR) is 105 cm³/mol. The smallest absolute Gasteiger partial charge is 0.408 e. The van der Waals surface area contributed by atoms with E-state index in [1.165, 1.54) is 33.3 Å². The zero-order valence-corrected chi connectivity index (χ0v) is 16.7. The van der Waals surface area contributed by atoms with E-state index >= 15 is 0 Å². The topological polar surface area (TPSA) is 122 Å². The van der Waals surface area contributed by atoms with Crippen LogP contribution in [0.5, 0.6) is 0 Å². The molecule has 0 unspecified atom stereocenters. The molecule has 4 rings (SSSR count). The van der Waals surface area contributed by atoms with E-state index in [4.69, 9.17) is 4.42 Å². The third-order valence-electron chi connectivity index (χ3n) is 4.99. The van der Waals surface area contributed by atoms with E-state index in [0.29, 0.717) is 50.4 Å². The molecule has 0 radical (unpaired) electrons. The SMILES string of the molecule is Cc1ccc(=O)n(CCN2CCN(S(=O)(=O)c3ccc4oc(=O)[nH]c4c3)CC2)n1. The molecule has 0 aliphatic carbocycles. The van der Waals surface area contributed by atoms with Gasteiger partial charge in [0.15, 0.2) is 5.58 Å². The van der Waals surface area contributed by atoms with Crippen molar-refractivity contribution in [2.45, 2.75) is 18.4 Å². The molecular formula is C18H21N5O5S. The quantitative estimate of drug-likeness (QED) is 0.617. The highest BCUT2D eigenvalue weighted by Gasteiger charge is 2.28. The van der Waals surface area contributed by atoms with Crippen LogP contribution in [-0.4, -0.2) is 65.1 Å². The number of aromatic amines is 1. The van der Waals surface area contributed by atoms with Crippen LogP contribution in [0.15, 0.2) is 49.2 Å². The highest BCUT2D eigenvalue weighted by Crippen LogP contribution is 2.21. The first-order chi connectivity index (χ1) is 13.8. The van der Waals surface area contributed by atoms with E-state index in [9.17, 15) is 18.0 Å². The van der Waals surface area contributed by atoms with E-state index < -0.39 is 15.8 Å². The molecule has 10 nitrogen and oxygen atoms in total. The first-order valence-electron chi connectivity index (χ1n) is 9.23. The first-order valence-corrected chi connectivity index (χ1v) is 10.7. The molecule has 0 bridgehead atoms. The largest absolute Gasteiger partial charge is 0.417 e. The standard InChI is InChI=1S/C18H21N5O5S/c1-13-2-5-17(24)23(20-13)11-8-21-6-9-22(10-7-21)29(26,27)14-3-4-16-15(12-14)19-18(25)28-16/h2-5,12H,6-11H2,1H3,(H,19,25). The Kier molecular flexibility index (Phi) is 5.11. The molecule has 1 aliphatic heterocycles. The van der Waals surface area contributed by atoms with Gasteiger partial charge in [-0.05, 0) is 31.2 Å². The highest BCUT2D eigenvalue weighted by molar-refractivity contribution is 7.89. The number of fused-ring (bicyclic) bond motifs is 1. The van der Waals surface area contributed by atoms with Crippen LogP contribution in [0, 0.1) is 6.92 Å². The Hall–Kier alpha value is -2.76. The number of oxazole rings is 1. The Labute approximate surface area is 166 Å². The number of aryl methyl sites for hydroxylation is 1. The summed E-state index contributed by atoms with van der Waals surface area (Å²) < 4.78 is 33.6. The molecule has 0 amide bonds. The van der Waals surface area contributed by atoms with Gasteiger partial charge in [0, 0.05) is 38.8 Å². The lowest BCUT2D eigenvalue weighted by molar-refractivity contribution is 0.180. The van der Waals surface area contributed by atoms with Crippen molar-refractivity contribution in [2.24, 2.45) is 0 Å². The van der Waals surface area contributed by atoms with Gasteiger partial charge in [-0.2, -0.15) is 9.40 Å². The molecule has 1 fully saturated rings. The Bertz CT molecular complexity index is 1250. The summed E-state index contributed by atoms with van der Waals surface area (Å²) in [7, 11) is -3.67. The lowest BCUT2D eigenvalue weighted by Gasteiger charge is -2.33. The van der Waals surface area contributed by atoms with Crippen molar-refractivity contribution >= 4 is 21.1 Å². The second kappa shape index (κ2) is 7.58. The van der Waals surface area contributed by atoms with Gasteiger partial charge in [-0.25, -0.2) is 17.9 Å². The van der Waals surface area contributed by atoms with Crippen LogP contribution in [0.2, 0.25) is 0 Å². The summed E-state index contributed by atoms with van der Waals surface area (Å²) in [6, 6.07) is 7.51. The Morgan fingerprint density at radius 2 is 1.83 bits per heavy atom. The van der Waals surface area contributed by atoms with E-state index in [1.54, 1.807) is 6.07 Å². The molecule has 1 aromatic carbocycles. The third kappa shape index (κ3) is 4.02. The average molecular weight is 419 g/mol. The number of sulfonamides is 1. The van der Waals surface area contributed by atoms with Crippen LogP contribution < -0.4 is 11.3 Å². The van der Waals surface area contributed by atoms with Crippen molar-refractivity contribution in [3.63, 3.8) is 0 Å². The summed E-state index contributed by atoms with van der Waals surface area (Å²) in [5, 5.41) is 4.22. The number of nitrogens with zero attached hydrogens (tertiary/aromatic N) is 4. The fraction of sp³-hybridized carbons (Fsp3) is 0.389. The molecular weight excluding hydrogens is 398 g/mol. The van der Waals surface area contributed by atoms with Crippen LogP contribution in [0.3, 0.4) is 0 Å². The molecule has 0 spiro atoms. The molecule has 29 heavy (non-hydrogen) atoms. The summed E-state index contributed by atoms with van der Waals surface area (Å²) in [6.45, 7) is 4.71. The fourth-order valence-corrected chi connectivity index (χ4v) is 4.83. The van der Waals surface area contributed by atoms with Crippen LogP contribution in [0.1, 0.15) is 5.69 Å². The van der Waals surface area contributed by atoms with Crippen molar-refractivity contribution in [3.05, 3.63) is 56.9 Å². The maximum Gasteiger partial charge on any atom is 0.417 e. The number of hydrogen-bond acceptors (Lipinski definition) is 7. The van der Waals surface area contributed by atoms with Gasteiger partial charge in [-0.1, -0.05) is 0 Å². The average Bonchev–Trinajstić information content (AvgIpc) is 3.08. The van der Waals surface area contributed by atoms with Gasteiger partial charge in [0.1, 0.15) is 0 Å². The molecule has 1 aliphatic rings. The summed E-state index contributed by atoms with van der Waals surface area (Å²) in [4.78, 5) is 27.8. The molecule has 2 aromatic heterocycles. The molecule has 0 saturated carbocycles. The maximum absolute atomic E-state index is 12.9. The minimum Gasteiger partial charge on any atom is -0.408 e. The molecule has 11 heteroatoms. The summed E-state index contributed by atoms with van der Waals surface area (Å²) in [5.41, 5.74) is 1.30. The summed E-state index contributed by atoms with van der Waals surface area (Å²) >= 11 is 0. The number of nitrogens with one attached hydrogen (secondary N) is 1. The van der Waals surface area contributed by atoms with E-state index in [2.05, 4.69) is 15.0 Å². The van der Waals surface area contributed by atoms with Gasteiger partial charge in [0.2, 0.25) is 10.0 Å². The zero-order valence-electron chi connectivity index (χ0n) is 15.9. The van der Waals surface area contributed by atoms with Crippen molar-refractivity contribution in [1.29, 1.82) is 0 Å². The van der Waals surface area contributed by atoms with Crippen LogP contribution in [0.25, 0.3) is 11.1 Å². The van der Waals surface area contributed by atoms with Gasteiger partial charge >= 0.3 is 5.76 Å². The van der Waals surface area contributed by atoms with Crippen molar-refractivity contribution in [2.75, 3.05) is 32.7 Å². The Balaban J connectivity index is 1.40. The lowest BCUT2D eigenvalue weighted by Crippen LogP contribution is -2.49. The van der Waals surface area contributed by atoms with E-state index in [-0.39, 0.29) is 10.5 Å². The number of H-pyrrole nitrogens is 1. The zero-order chi connectivity index (χ0) is 20.6. The second-order valence-electron chi connectivity index (χ2n) is 6.95. The van der Waals surface area contributed by atoms with E-state index in [0.717, 1.165) is 5.69 Å². The molecule has 1 saturated heterocycles. The first kappa shape index (κ1) is 19.6. The number of rotatable bonds is 5. The summed E-state index contributed by atoms with van der Waals surface area (Å²) in [5.74, 6) is -0.620. The van der Waals surface area contributed by atoms with Gasteiger partial charge < -0.3 is 4.42 Å². The number of piperazine rings is 1. The van der Waals surface area contributed by atoms with Gasteiger partial charge in [-0.15, -0.1) is 0 Å². The number of aromatic nitrogens is 3. The molecule has 3 heterocycles. The van der Waals surface area contributed by atoms with Gasteiger partial charge in [0.25, 0.3) is 5.56 Å². The highest BCUT2D eigenvalue weighted by atomic mass is 32.2. The molecule has 154 valence electrons. The summed E-state index contributed by atoms with van der Waals surface area (Å²) in [6.07, 6.45) is 0. The fourth-order valence-electron chi connectivity index (χ4n) is 3.38. The minimum atomic E-state index is -3.67.